The van der Waals surface area contributed by atoms with Crippen LogP contribution in [0.25, 0.3) is 6.08 Å². The fourth-order valence-electron chi connectivity index (χ4n) is 5.26. The molecule has 0 aliphatic heterocycles. The largest absolute Gasteiger partial charge is 0.414 e. The zero-order chi connectivity index (χ0) is 19.5. The first-order chi connectivity index (χ1) is 12.8. The van der Waals surface area contributed by atoms with Crippen molar-refractivity contribution in [3.05, 3.63) is 36.2 Å². The van der Waals surface area contributed by atoms with E-state index in [0.717, 1.165) is 5.92 Å². The van der Waals surface area contributed by atoms with Crippen LogP contribution in [0.4, 0.5) is 0 Å². The van der Waals surface area contributed by atoms with Crippen molar-refractivity contribution in [1.82, 2.24) is 4.98 Å². The molecule has 0 aromatic carbocycles. The van der Waals surface area contributed by atoms with Gasteiger partial charge in [0.05, 0.1) is 6.10 Å². The predicted molar refractivity (Wildman–Crippen MR) is 117 cm³/mol. The van der Waals surface area contributed by atoms with E-state index >= 15 is 0 Å². The lowest BCUT2D eigenvalue weighted by Crippen LogP contribution is -2.47. The lowest BCUT2D eigenvalue weighted by atomic mass is 9.57. The number of pyridine rings is 1. The number of hydrogen-bond acceptors (Lipinski definition) is 2. The normalized spacial score (nSPS) is 32.4. The van der Waals surface area contributed by atoms with E-state index < -0.39 is 9.04 Å². The number of rotatable bonds is 4. The van der Waals surface area contributed by atoms with Gasteiger partial charge in [-0.05, 0) is 92.3 Å². The molecule has 3 heteroatoms. The van der Waals surface area contributed by atoms with E-state index in [1.54, 1.807) is 0 Å². The summed E-state index contributed by atoms with van der Waals surface area (Å²) in [4.78, 5) is 4.23. The molecule has 0 bridgehead atoms. The van der Waals surface area contributed by atoms with Gasteiger partial charge in [-0.2, -0.15) is 0 Å². The number of hydrogen-bond donors (Lipinski definition) is 0. The summed E-state index contributed by atoms with van der Waals surface area (Å²) in [6.07, 6.45) is 18.3. The summed E-state index contributed by atoms with van der Waals surface area (Å²) in [6.45, 7) is 11.9. The minimum absolute atomic E-state index is 0.447. The number of nitrogens with zero attached hydrogens (tertiary/aromatic N) is 1. The Morgan fingerprint density at radius 2 is 1.85 bits per heavy atom. The van der Waals surface area contributed by atoms with Crippen LogP contribution in [0.2, 0.25) is 13.1 Å². The third kappa shape index (κ3) is 5.32. The molecular weight excluding hydrogens is 346 g/mol. The molecule has 1 radical (unpaired) electrons. The van der Waals surface area contributed by atoms with Gasteiger partial charge in [0.25, 0.3) is 0 Å². The summed E-state index contributed by atoms with van der Waals surface area (Å²) in [6, 6.07) is 4.15. The molecule has 2 nitrogen and oxygen atoms in total. The van der Waals surface area contributed by atoms with E-state index in [-0.39, 0.29) is 0 Å². The molecule has 2 aliphatic rings. The first kappa shape index (κ1) is 20.8. The highest BCUT2D eigenvalue weighted by molar-refractivity contribution is 6.48. The van der Waals surface area contributed by atoms with Gasteiger partial charge in [0.2, 0.25) is 9.04 Å². The molecule has 1 aromatic rings. The maximum absolute atomic E-state index is 6.64. The third-order valence-electron chi connectivity index (χ3n) is 7.04. The minimum atomic E-state index is -0.672. The lowest BCUT2D eigenvalue weighted by Gasteiger charge is -2.52. The fraction of sp³-hybridized carbons (Fsp3) is 0.708. The molecule has 2 unspecified atom stereocenters. The zero-order valence-electron chi connectivity index (χ0n) is 18.0. The van der Waals surface area contributed by atoms with Gasteiger partial charge in [-0.3, -0.25) is 4.98 Å². The van der Waals surface area contributed by atoms with Crippen LogP contribution < -0.4 is 0 Å². The molecule has 0 amide bonds. The van der Waals surface area contributed by atoms with E-state index in [9.17, 15) is 0 Å². The highest BCUT2D eigenvalue weighted by Gasteiger charge is 2.47. The Morgan fingerprint density at radius 1 is 1.15 bits per heavy atom. The van der Waals surface area contributed by atoms with Crippen LogP contribution in [-0.4, -0.2) is 20.1 Å². The van der Waals surface area contributed by atoms with Crippen molar-refractivity contribution >= 4 is 15.1 Å². The molecule has 1 aromatic heterocycles. The average molecular weight is 385 g/mol. The summed E-state index contributed by atoms with van der Waals surface area (Å²) in [5.74, 6) is 1.52. The van der Waals surface area contributed by atoms with Crippen LogP contribution in [0, 0.1) is 22.7 Å². The van der Waals surface area contributed by atoms with Crippen molar-refractivity contribution in [1.29, 1.82) is 0 Å². The predicted octanol–water partition coefficient (Wildman–Crippen LogP) is 6.75. The Bertz CT molecular complexity index is 611. The Kier molecular flexibility index (Phi) is 6.63. The summed E-state index contributed by atoms with van der Waals surface area (Å²) >= 11 is 0. The molecule has 2 aliphatic carbocycles. The summed E-state index contributed by atoms with van der Waals surface area (Å²) in [5, 5.41) is 0. The highest BCUT2D eigenvalue weighted by atomic mass is 28.3. The van der Waals surface area contributed by atoms with Crippen LogP contribution in [0.3, 0.4) is 0 Å². The molecule has 27 heavy (non-hydrogen) atoms. The van der Waals surface area contributed by atoms with Gasteiger partial charge in [-0.25, -0.2) is 0 Å². The zero-order valence-corrected chi connectivity index (χ0v) is 19.0. The van der Waals surface area contributed by atoms with E-state index in [0.29, 0.717) is 22.9 Å². The maximum atomic E-state index is 6.64. The van der Waals surface area contributed by atoms with Crippen molar-refractivity contribution in [3.8, 4) is 0 Å². The highest BCUT2D eigenvalue weighted by Crippen LogP contribution is 2.54. The molecule has 2 saturated carbocycles. The van der Waals surface area contributed by atoms with Crippen molar-refractivity contribution in [2.45, 2.75) is 84.9 Å². The Hall–Kier alpha value is -0.933. The van der Waals surface area contributed by atoms with Gasteiger partial charge in [-0.15, -0.1) is 0 Å². The van der Waals surface area contributed by atoms with Crippen molar-refractivity contribution in [3.63, 3.8) is 0 Å². The third-order valence-corrected chi connectivity index (χ3v) is 7.80. The Labute approximate surface area is 168 Å². The molecule has 1 heterocycles. The minimum Gasteiger partial charge on any atom is -0.414 e. The van der Waals surface area contributed by atoms with Crippen LogP contribution in [0.15, 0.2) is 30.6 Å². The van der Waals surface area contributed by atoms with Gasteiger partial charge in [0.15, 0.2) is 0 Å². The van der Waals surface area contributed by atoms with E-state index in [4.69, 9.17) is 4.43 Å². The van der Waals surface area contributed by atoms with Gasteiger partial charge >= 0.3 is 0 Å². The Balaban J connectivity index is 1.67. The van der Waals surface area contributed by atoms with E-state index in [1.165, 1.54) is 50.5 Å². The standard InChI is InChI=1S/C24H38NOSi/c1-23(2,3)21-11-14-24(15-12-21)13-10-19(17-22(24)26-27(4)5)8-9-20-7-6-16-25-18-20/h6-9,16,18-19,21-22H,10-15,17H2,1-5H3/b9-8+. The van der Waals surface area contributed by atoms with Crippen molar-refractivity contribution in [2.24, 2.45) is 22.7 Å². The molecule has 3 rings (SSSR count). The van der Waals surface area contributed by atoms with Crippen LogP contribution in [-0.2, 0) is 4.43 Å². The molecule has 2 atom stereocenters. The van der Waals surface area contributed by atoms with E-state index in [2.05, 4.69) is 57.1 Å². The first-order valence-corrected chi connectivity index (χ1v) is 13.2. The number of allylic oxidation sites excluding steroid dienone is 1. The average Bonchev–Trinajstić information content (AvgIpc) is 2.63. The van der Waals surface area contributed by atoms with Gasteiger partial charge in [0, 0.05) is 12.4 Å². The maximum Gasteiger partial charge on any atom is 0.205 e. The molecule has 2 fully saturated rings. The van der Waals surface area contributed by atoms with Gasteiger partial charge in [-0.1, -0.05) is 39.0 Å². The monoisotopic (exact) mass is 384 g/mol. The molecule has 149 valence electrons. The lowest BCUT2D eigenvalue weighted by molar-refractivity contribution is -0.0514. The smallest absolute Gasteiger partial charge is 0.205 e. The van der Waals surface area contributed by atoms with Crippen molar-refractivity contribution < 1.29 is 4.43 Å². The molecule has 0 N–H and O–H groups in total. The summed E-state index contributed by atoms with van der Waals surface area (Å²) in [5.41, 5.74) is 2.10. The molecular formula is C24H38NOSi. The second kappa shape index (κ2) is 8.61. The fourth-order valence-corrected chi connectivity index (χ4v) is 6.18. The van der Waals surface area contributed by atoms with Crippen LogP contribution in [0.1, 0.15) is 71.3 Å². The van der Waals surface area contributed by atoms with Crippen LogP contribution in [0.5, 0.6) is 0 Å². The van der Waals surface area contributed by atoms with Crippen LogP contribution >= 0.6 is 0 Å². The van der Waals surface area contributed by atoms with E-state index in [1.807, 2.05) is 18.5 Å². The first-order valence-electron chi connectivity index (χ1n) is 10.8. The molecule has 1 spiro atoms. The second-order valence-electron chi connectivity index (χ2n) is 10.2. The Morgan fingerprint density at radius 3 is 2.44 bits per heavy atom. The SMILES string of the molecule is C[Si](C)OC1CC(/C=C/c2cccnc2)CCC12CCC(C(C)(C)C)CC2. The number of aromatic nitrogens is 1. The van der Waals surface area contributed by atoms with Crippen molar-refractivity contribution in [2.75, 3.05) is 0 Å². The second-order valence-corrected chi connectivity index (χ2v) is 12.2. The topological polar surface area (TPSA) is 22.1 Å². The summed E-state index contributed by atoms with van der Waals surface area (Å²) in [7, 11) is -0.672. The quantitative estimate of drug-likeness (QED) is 0.535. The van der Waals surface area contributed by atoms with Gasteiger partial charge in [0.1, 0.15) is 0 Å². The molecule has 0 saturated heterocycles. The summed E-state index contributed by atoms with van der Waals surface area (Å²) < 4.78 is 6.64. The van der Waals surface area contributed by atoms with Gasteiger partial charge < -0.3 is 4.43 Å².